The maximum absolute atomic E-state index is 2.59. The van der Waals surface area contributed by atoms with Crippen LogP contribution < -0.4 is 0 Å². The molecule has 2 aliphatic heterocycles. The van der Waals surface area contributed by atoms with Gasteiger partial charge in [0.15, 0.2) is 0 Å². The van der Waals surface area contributed by atoms with Crippen molar-refractivity contribution in [2.75, 3.05) is 0 Å². The highest BCUT2D eigenvalue weighted by molar-refractivity contribution is 6.85. The Bertz CT molecular complexity index is 149. The molecule has 59 valence electrons. The van der Waals surface area contributed by atoms with Gasteiger partial charge in [-0.1, -0.05) is 51.4 Å². The standard InChI is InChI=1S/C9H17B2/c1-7-8-10-6-9(2,3)4-5-11(7)8/h7-8H,4-6H2,1-3H3. The summed E-state index contributed by atoms with van der Waals surface area (Å²) in [7, 11) is 2.59. The van der Waals surface area contributed by atoms with Crippen LogP contribution in [-0.4, -0.2) is 14.0 Å². The van der Waals surface area contributed by atoms with E-state index >= 15 is 0 Å². The summed E-state index contributed by atoms with van der Waals surface area (Å²) in [6, 6.07) is 0. The largest absolute Gasteiger partial charge is 0.136 e. The average Bonchev–Trinajstić information content (AvgIpc) is 2.56. The normalized spacial score (nSPS) is 40.5. The Morgan fingerprint density at radius 3 is 2.91 bits per heavy atom. The van der Waals surface area contributed by atoms with Crippen molar-refractivity contribution in [2.24, 2.45) is 5.41 Å². The smallest absolute Gasteiger partial charge is 0.0925 e. The Morgan fingerprint density at radius 2 is 2.18 bits per heavy atom. The van der Waals surface area contributed by atoms with Gasteiger partial charge in [0, 0.05) is 0 Å². The first-order chi connectivity index (χ1) is 5.10. The number of fused-ring (bicyclic) bond motifs is 1. The van der Waals surface area contributed by atoms with Gasteiger partial charge in [-0.3, -0.25) is 0 Å². The lowest BCUT2D eigenvalue weighted by Crippen LogP contribution is -2.12. The molecule has 2 atom stereocenters. The summed E-state index contributed by atoms with van der Waals surface area (Å²) in [4.78, 5) is 0. The maximum atomic E-state index is 2.59. The number of hydrogen-bond donors (Lipinski definition) is 0. The zero-order valence-electron chi connectivity index (χ0n) is 7.93. The van der Waals surface area contributed by atoms with Gasteiger partial charge in [0.05, 0.1) is 0 Å². The minimum absolute atomic E-state index is 0.604. The lowest BCUT2D eigenvalue weighted by Gasteiger charge is -2.22. The zero-order chi connectivity index (χ0) is 8.06. The van der Waals surface area contributed by atoms with E-state index in [1.165, 1.54) is 19.1 Å². The minimum atomic E-state index is 0.604. The third-order valence-electron chi connectivity index (χ3n) is 3.73. The Hall–Kier alpha value is 0.130. The van der Waals surface area contributed by atoms with E-state index in [2.05, 4.69) is 28.1 Å². The Labute approximate surface area is 71.5 Å². The highest BCUT2D eigenvalue weighted by Gasteiger charge is 2.51. The van der Waals surface area contributed by atoms with Crippen LogP contribution in [0.5, 0.6) is 0 Å². The van der Waals surface area contributed by atoms with Gasteiger partial charge in [0.25, 0.3) is 0 Å². The SMILES string of the molecule is CC1B2CCC(C)(C)C[B]C21. The van der Waals surface area contributed by atoms with Crippen LogP contribution in [0.15, 0.2) is 0 Å². The molecule has 0 aromatic rings. The molecule has 0 nitrogen and oxygen atoms in total. The molecule has 2 rings (SSSR count). The second-order valence-electron chi connectivity index (χ2n) is 5.24. The molecule has 0 aromatic heterocycles. The van der Waals surface area contributed by atoms with E-state index in [-0.39, 0.29) is 0 Å². The summed E-state index contributed by atoms with van der Waals surface area (Å²) >= 11 is 0. The van der Waals surface area contributed by atoms with Crippen LogP contribution in [0, 0.1) is 5.41 Å². The predicted octanol–water partition coefficient (Wildman–Crippen LogP) is 2.77. The van der Waals surface area contributed by atoms with Crippen LogP contribution in [-0.2, 0) is 0 Å². The molecule has 2 aliphatic rings. The second kappa shape index (κ2) is 2.31. The fourth-order valence-electron chi connectivity index (χ4n) is 2.54. The molecule has 11 heavy (non-hydrogen) atoms. The first-order valence-electron chi connectivity index (χ1n) is 4.93. The summed E-state index contributed by atoms with van der Waals surface area (Å²) in [5.41, 5.74) is 1.60. The van der Waals surface area contributed by atoms with Crippen LogP contribution in [0.2, 0.25) is 24.2 Å². The minimum Gasteiger partial charge on any atom is -0.0925 e. The van der Waals surface area contributed by atoms with Crippen molar-refractivity contribution >= 4 is 14.0 Å². The zero-order valence-corrected chi connectivity index (χ0v) is 7.93. The first kappa shape index (κ1) is 7.76. The third kappa shape index (κ3) is 1.37. The molecule has 2 fully saturated rings. The fourth-order valence-corrected chi connectivity index (χ4v) is 2.54. The average molecular weight is 147 g/mol. The molecule has 0 saturated carbocycles. The molecule has 0 bridgehead atoms. The van der Waals surface area contributed by atoms with Crippen molar-refractivity contribution in [1.29, 1.82) is 0 Å². The van der Waals surface area contributed by atoms with Gasteiger partial charge in [-0.05, 0) is 5.41 Å². The van der Waals surface area contributed by atoms with Crippen LogP contribution in [0.3, 0.4) is 0 Å². The second-order valence-corrected chi connectivity index (χ2v) is 5.24. The van der Waals surface area contributed by atoms with E-state index < -0.39 is 0 Å². The van der Waals surface area contributed by atoms with Gasteiger partial charge in [-0.15, -0.1) is 0 Å². The van der Waals surface area contributed by atoms with Crippen molar-refractivity contribution in [3.8, 4) is 0 Å². The van der Waals surface area contributed by atoms with Gasteiger partial charge >= 0.3 is 0 Å². The van der Waals surface area contributed by atoms with E-state index in [0.29, 0.717) is 5.41 Å². The molecule has 2 unspecified atom stereocenters. The Kier molecular flexibility index (Phi) is 1.63. The summed E-state index contributed by atoms with van der Waals surface area (Å²) < 4.78 is 0. The van der Waals surface area contributed by atoms with Gasteiger partial charge in [0.1, 0.15) is 14.0 Å². The van der Waals surface area contributed by atoms with E-state index in [4.69, 9.17) is 0 Å². The van der Waals surface area contributed by atoms with Crippen LogP contribution in [0.1, 0.15) is 27.2 Å². The van der Waals surface area contributed by atoms with E-state index in [1.54, 1.807) is 0 Å². The molecule has 0 aromatic carbocycles. The van der Waals surface area contributed by atoms with Crippen LogP contribution >= 0.6 is 0 Å². The van der Waals surface area contributed by atoms with Crippen molar-refractivity contribution in [3.05, 3.63) is 0 Å². The van der Waals surface area contributed by atoms with Crippen molar-refractivity contribution < 1.29 is 0 Å². The molecular formula is C9H17B2. The van der Waals surface area contributed by atoms with E-state index in [9.17, 15) is 0 Å². The Morgan fingerprint density at radius 1 is 1.45 bits per heavy atom. The summed E-state index contributed by atoms with van der Waals surface area (Å²) in [5, 5.41) is 0. The van der Waals surface area contributed by atoms with Gasteiger partial charge in [0.2, 0.25) is 0 Å². The molecule has 2 heterocycles. The van der Waals surface area contributed by atoms with Crippen molar-refractivity contribution in [3.63, 3.8) is 0 Å². The summed E-state index contributed by atoms with van der Waals surface area (Å²) in [6.07, 6.45) is 4.27. The van der Waals surface area contributed by atoms with E-state index in [1.807, 2.05) is 0 Å². The summed E-state index contributed by atoms with van der Waals surface area (Å²) in [6.45, 7) is 8.28. The molecule has 2 heteroatoms. The first-order valence-corrected chi connectivity index (χ1v) is 4.93. The number of rotatable bonds is 0. The van der Waals surface area contributed by atoms with Crippen molar-refractivity contribution in [2.45, 2.75) is 51.4 Å². The lowest BCUT2D eigenvalue weighted by molar-refractivity contribution is 0.396. The van der Waals surface area contributed by atoms with E-state index in [0.717, 1.165) is 18.2 Å². The molecule has 0 aliphatic carbocycles. The highest BCUT2D eigenvalue weighted by Crippen LogP contribution is 2.55. The lowest BCUT2D eigenvalue weighted by atomic mass is 9.53. The molecule has 1 radical (unpaired) electrons. The fraction of sp³-hybridized carbons (Fsp3) is 1.00. The van der Waals surface area contributed by atoms with Crippen LogP contribution in [0.25, 0.3) is 0 Å². The van der Waals surface area contributed by atoms with Crippen molar-refractivity contribution in [1.82, 2.24) is 0 Å². The monoisotopic (exact) mass is 147 g/mol. The summed E-state index contributed by atoms with van der Waals surface area (Å²) in [5.74, 6) is 1.02. The molecule has 2 saturated heterocycles. The molecule has 0 spiro atoms. The maximum Gasteiger partial charge on any atom is 0.136 e. The molecule has 0 amide bonds. The highest BCUT2D eigenvalue weighted by atomic mass is 14.3. The van der Waals surface area contributed by atoms with Gasteiger partial charge < -0.3 is 0 Å². The Balaban J connectivity index is 1.96. The molecule has 0 N–H and O–H groups in total. The third-order valence-corrected chi connectivity index (χ3v) is 3.73. The number of hydrogen-bond acceptors (Lipinski definition) is 0. The quantitative estimate of drug-likeness (QED) is 0.462. The predicted molar refractivity (Wildman–Crippen MR) is 52.7 cm³/mol. The topological polar surface area (TPSA) is 0 Å². The van der Waals surface area contributed by atoms with Gasteiger partial charge in [-0.2, -0.15) is 0 Å². The van der Waals surface area contributed by atoms with Gasteiger partial charge in [-0.25, -0.2) is 0 Å². The van der Waals surface area contributed by atoms with Crippen LogP contribution in [0.4, 0.5) is 0 Å². The molecular weight excluding hydrogens is 130 g/mol.